The first-order chi connectivity index (χ1) is 9.65. The molecule has 1 unspecified atom stereocenters. The van der Waals surface area contributed by atoms with Gasteiger partial charge in [0.25, 0.3) is 0 Å². The van der Waals surface area contributed by atoms with Crippen LogP contribution in [0.25, 0.3) is 0 Å². The molecule has 0 saturated heterocycles. The Labute approximate surface area is 121 Å². The number of aliphatic carboxylic acids is 1. The summed E-state index contributed by atoms with van der Waals surface area (Å²) in [4.78, 5) is 11.2. The highest BCUT2D eigenvalue weighted by Gasteiger charge is 2.30. The van der Waals surface area contributed by atoms with E-state index in [-0.39, 0.29) is 0 Å². The Kier molecular flexibility index (Phi) is 3.44. The van der Waals surface area contributed by atoms with Gasteiger partial charge in [0.05, 0.1) is 0 Å². The second-order valence-electron chi connectivity index (χ2n) is 4.97. The number of halogens is 1. The predicted octanol–water partition coefficient (Wildman–Crippen LogP) is 2.48. The molecular formula is C14H14ClN3O2. The van der Waals surface area contributed by atoms with E-state index < -0.39 is 11.9 Å². The second kappa shape index (κ2) is 5.25. The van der Waals surface area contributed by atoms with Gasteiger partial charge in [-0.05, 0) is 30.5 Å². The van der Waals surface area contributed by atoms with E-state index in [9.17, 15) is 9.90 Å². The third kappa shape index (κ3) is 2.41. The lowest BCUT2D eigenvalue weighted by atomic mass is 9.99. The van der Waals surface area contributed by atoms with Gasteiger partial charge in [0.1, 0.15) is 17.6 Å². The number of carboxylic acids is 1. The molecule has 0 amide bonds. The molecule has 6 heteroatoms. The lowest BCUT2D eigenvalue weighted by molar-refractivity contribution is -0.139. The van der Waals surface area contributed by atoms with E-state index in [0.29, 0.717) is 23.7 Å². The smallest absolute Gasteiger partial charge is 0.314 e. The molecule has 1 aliphatic rings. The number of rotatable bonds is 3. The summed E-state index contributed by atoms with van der Waals surface area (Å²) >= 11 is 5.97. The quantitative estimate of drug-likeness (QED) is 0.943. The molecule has 1 aromatic heterocycles. The van der Waals surface area contributed by atoms with Crippen molar-refractivity contribution in [2.45, 2.75) is 31.7 Å². The Morgan fingerprint density at radius 2 is 2.30 bits per heavy atom. The van der Waals surface area contributed by atoms with Crippen LogP contribution in [0.15, 0.2) is 24.3 Å². The maximum atomic E-state index is 11.2. The summed E-state index contributed by atoms with van der Waals surface area (Å²) < 4.78 is 1.93. The summed E-state index contributed by atoms with van der Waals surface area (Å²) in [7, 11) is 0. The fourth-order valence-corrected chi connectivity index (χ4v) is 2.84. The van der Waals surface area contributed by atoms with Crippen molar-refractivity contribution in [3.63, 3.8) is 0 Å². The maximum Gasteiger partial charge on any atom is 0.314 e. The Bertz CT molecular complexity index is 654. The van der Waals surface area contributed by atoms with Crippen LogP contribution in [-0.2, 0) is 17.8 Å². The van der Waals surface area contributed by atoms with Crippen LogP contribution in [0.4, 0.5) is 0 Å². The van der Waals surface area contributed by atoms with E-state index in [1.807, 2.05) is 28.8 Å². The van der Waals surface area contributed by atoms with Crippen LogP contribution < -0.4 is 0 Å². The summed E-state index contributed by atoms with van der Waals surface area (Å²) in [5.74, 6) is 0.00557. The minimum atomic E-state index is -0.826. The Hall–Kier alpha value is -1.88. The number of fused-ring (bicyclic) bond motifs is 1. The Morgan fingerprint density at radius 1 is 1.45 bits per heavy atom. The zero-order valence-corrected chi connectivity index (χ0v) is 11.5. The molecule has 1 N–H and O–H groups in total. The highest BCUT2D eigenvalue weighted by molar-refractivity contribution is 6.30. The highest BCUT2D eigenvalue weighted by Crippen LogP contribution is 2.27. The molecule has 1 aliphatic heterocycles. The lowest BCUT2D eigenvalue weighted by Gasteiger charge is -2.20. The molecule has 1 atom stereocenters. The van der Waals surface area contributed by atoms with Gasteiger partial charge in [-0.15, -0.1) is 10.2 Å². The molecule has 20 heavy (non-hydrogen) atoms. The summed E-state index contributed by atoms with van der Waals surface area (Å²) in [6.45, 7) is 0.780. The first-order valence-electron chi connectivity index (χ1n) is 6.54. The predicted molar refractivity (Wildman–Crippen MR) is 73.9 cm³/mol. The van der Waals surface area contributed by atoms with Crippen LogP contribution in [0.3, 0.4) is 0 Å². The van der Waals surface area contributed by atoms with Crippen LogP contribution in [0.5, 0.6) is 0 Å². The first kappa shape index (κ1) is 13.1. The van der Waals surface area contributed by atoms with E-state index in [1.54, 1.807) is 0 Å². The molecule has 3 rings (SSSR count). The number of benzene rings is 1. The average molecular weight is 292 g/mol. The zero-order chi connectivity index (χ0) is 14.1. The van der Waals surface area contributed by atoms with Crippen LogP contribution in [0.1, 0.15) is 36.0 Å². The first-order valence-corrected chi connectivity index (χ1v) is 6.92. The number of nitrogens with zero attached hydrogens (tertiary/aromatic N) is 3. The van der Waals surface area contributed by atoms with Crippen LogP contribution in [0.2, 0.25) is 5.02 Å². The molecule has 2 heterocycles. The van der Waals surface area contributed by atoms with Crippen molar-refractivity contribution in [1.29, 1.82) is 0 Å². The van der Waals surface area contributed by atoms with Crippen molar-refractivity contribution in [2.75, 3.05) is 0 Å². The van der Waals surface area contributed by atoms with Gasteiger partial charge in [-0.3, -0.25) is 4.79 Å². The summed E-state index contributed by atoms with van der Waals surface area (Å²) in [5.41, 5.74) is 1.05. The SMILES string of the molecule is O=C(O)C1CCCn2c(Cc3cccc(Cl)c3)nnc21. The van der Waals surface area contributed by atoms with E-state index in [2.05, 4.69) is 10.2 Å². The number of hydrogen-bond donors (Lipinski definition) is 1. The van der Waals surface area contributed by atoms with E-state index in [4.69, 9.17) is 11.6 Å². The van der Waals surface area contributed by atoms with Crippen molar-refractivity contribution in [3.8, 4) is 0 Å². The monoisotopic (exact) mass is 291 g/mol. The Balaban J connectivity index is 1.91. The van der Waals surface area contributed by atoms with Gasteiger partial charge in [0.15, 0.2) is 0 Å². The standard InChI is InChI=1S/C14H14ClN3O2/c15-10-4-1-3-9(7-10)8-12-16-17-13-11(14(19)20)5-2-6-18(12)13/h1,3-4,7,11H,2,5-6,8H2,(H,19,20). The topological polar surface area (TPSA) is 68.0 Å². The van der Waals surface area contributed by atoms with Gasteiger partial charge in [0, 0.05) is 18.0 Å². The molecule has 1 aromatic carbocycles. The summed E-state index contributed by atoms with van der Waals surface area (Å²) in [6, 6.07) is 7.59. The molecule has 0 bridgehead atoms. The molecular weight excluding hydrogens is 278 g/mol. The molecule has 2 aromatic rings. The normalized spacial score (nSPS) is 17.8. The minimum absolute atomic E-state index is 0.538. The lowest BCUT2D eigenvalue weighted by Crippen LogP contribution is -2.23. The third-order valence-electron chi connectivity index (χ3n) is 3.59. The molecule has 0 aliphatic carbocycles. The van der Waals surface area contributed by atoms with Gasteiger partial charge in [-0.2, -0.15) is 0 Å². The number of carbonyl (C=O) groups is 1. The molecule has 0 saturated carbocycles. The highest BCUT2D eigenvalue weighted by atomic mass is 35.5. The molecule has 0 fully saturated rings. The van der Waals surface area contributed by atoms with E-state index in [1.165, 1.54) is 0 Å². The summed E-state index contributed by atoms with van der Waals surface area (Å²) in [6.07, 6.45) is 2.08. The minimum Gasteiger partial charge on any atom is -0.481 e. The zero-order valence-electron chi connectivity index (χ0n) is 10.8. The van der Waals surface area contributed by atoms with E-state index >= 15 is 0 Å². The average Bonchev–Trinajstić information content (AvgIpc) is 2.82. The van der Waals surface area contributed by atoms with Gasteiger partial charge >= 0.3 is 5.97 Å². The number of hydrogen-bond acceptors (Lipinski definition) is 3. The van der Waals surface area contributed by atoms with Gasteiger partial charge < -0.3 is 9.67 Å². The fourth-order valence-electron chi connectivity index (χ4n) is 2.63. The second-order valence-corrected chi connectivity index (χ2v) is 5.40. The van der Waals surface area contributed by atoms with E-state index in [0.717, 1.165) is 24.4 Å². The molecule has 5 nitrogen and oxygen atoms in total. The Morgan fingerprint density at radius 3 is 3.05 bits per heavy atom. The van der Waals surface area contributed by atoms with Gasteiger partial charge in [-0.1, -0.05) is 23.7 Å². The van der Waals surface area contributed by atoms with Crippen molar-refractivity contribution < 1.29 is 9.90 Å². The van der Waals surface area contributed by atoms with Crippen molar-refractivity contribution in [1.82, 2.24) is 14.8 Å². The third-order valence-corrected chi connectivity index (χ3v) is 3.83. The molecule has 104 valence electrons. The van der Waals surface area contributed by atoms with Gasteiger partial charge in [-0.25, -0.2) is 0 Å². The van der Waals surface area contributed by atoms with Crippen LogP contribution in [0, 0.1) is 0 Å². The van der Waals surface area contributed by atoms with Crippen molar-refractivity contribution in [2.24, 2.45) is 0 Å². The number of aromatic nitrogens is 3. The van der Waals surface area contributed by atoms with Crippen molar-refractivity contribution >= 4 is 17.6 Å². The van der Waals surface area contributed by atoms with Gasteiger partial charge in [0.2, 0.25) is 0 Å². The van der Waals surface area contributed by atoms with Crippen molar-refractivity contribution in [3.05, 3.63) is 46.5 Å². The number of carboxylic acid groups (broad SMARTS) is 1. The van der Waals surface area contributed by atoms with Crippen LogP contribution in [-0.4, -0.2) is 25.8 Å². The molecule has 0 spiro atoms. The maximum absolute atomic E-state index is 11.2. The summed E-state index contributed by atoms with van der Waals surface area (Å²) in [5, 5.41) is 18.1. The fraction of sp³-hybridized carbons (Fsp3) is 0.357. The molecule has 0 radical (unpaired) electrons. The van der Waals surface area contributed by atoms with Crippen LogP contribution >= 0.6 is 11.6 Å². The largest absolute Gasteiger partial charge is 0.481 e.